The zero-order valence-electron chi connectivity index (χ0n) is 12.0. The van der Waals surface area contributed by atoms with Crippen LogP contribution < -0.4 is 5.73 Å². The van der Waals surface area contributed by atoms with Crippen molar-refractivity contribution in [3.63, 3.8) is 0 Å². The van der Waals surface area contributed by atoms with Crippen molar-refractivity contribution in [2.45, 2.75) is 48.7 Å². The molecular weight excluding hydrogens is 288 g/mol. The highest BCUT2D eigenvalue weighted by atomic mass is 32.2. The van der Waals surface area contributed by atoms with Gasteiger partial charge < -0.3 is 10.6 Å². The first-order valence-corrected chi connectivity index (χ1v) is 9.14. The van der Waals surface area contributed by atoms with Gasteiger partial charge in [-0.2, -0.15) is 0 Å². The zero-order chi connectivity index (χ0) is 15.2. The van der Waals surface area contributed by atoms with Gasteiger partial charge in [0.25, 0.3) is 5.91 Å². The first kappa shape index (κ1) is 14.5. The molecule has 2 N–H and O–H groups in total. The van der Waals surface area contributed by atoms with E-state index in [1.807, 2.05) is 4.90 Å². The second-order valence-electron chi connectivity index (χ2n) is 6.13. The van der Waals surface area contributed by atoms with Gasteiger partial charge in [0.2, 0.25) is 0 Å². The summed E-state index contributed by atoms with van der Waals surface area (Å²) in [6, 6.07) is 6.88. The SMILES string of the molecule is CS(=O)(=O)c1ccc(C(=O)N2C3CCC2CC(N)C3)cc1. The Morgan fingerprint density at radius 3 is 2.14 bits per heavy atom. The third-order valence-electron chi connectivity index (χ3n) is 4.53. The molecule has 2 heterocycles. The summed E-state index contributed by atoms with van der Waals surface area (Å²) in [4.78, 5) is 14.9. The van der Waals surface area contributed by atoms with Crippen LogP contribution in [0.25, 0.3) is 0 Å². The van der Waals surface area contributed by atoms with Crippen LogP contribution in [0.3, 0.4) is 0 Å². The number of fused-ring (bicyclic) bond motifs is 2. The fourth-order valence-corrected chi connectivity index (χ4v) is 4.17. The van der Waals surface area contributed by atoms with E-state index < -0.39 is 9.84 Å². The summed E-state index contributed by atoms with van der Waals surface area (Å²) in [6.45, 7) is 0. The molecule has 0 aliphatic carbocycles. The smallest absolute Gasteiger partial charge is 0.254 e. The van der Waals surface area contributed by atoms with Gasteiger partial charge in [-0.15, -0.1) is 0 Å². The highest BCUT2D eigenvalue weighted by Crippen LogP contribution is 2.36. The van der Waals surface area contributed by atoms with E-state index in [0.717, 1.165) is 31.9 Å². The highest BCUT2D eigenvalue weighted by Gasteiger charge is 2.42. The van der Waals surface area contributed by atoms with E-state index in [1.165, 1.54) is 12.1 Å². The number of carbonyl (C=O) groups is 1. The molecule has 114 valence electrons. The third kappa shape index (κ3) is 2.70. The minimum Gasteiger partial charge on any atom is -0.333 e. The number of amides is 1. The van der Waals surface area contributed by atoms with Crippen LogP contribution in [0.4, 0.5) is 0 Å². The van der Waals surface area contributed by atoms with Crippen molar-refractivity contribution >= 4 is 15.7 Å². The predicted molar refractivity (Wildman–Crippen MR) is 79.7 cm³/mol. The normalized spacial score (nSPS) is 28.7. The van der Waals surface area contributed by atoms with Crippen molar-refractivity contribution in [3.8, 4) is 0 Å². The third-order valence-corrected chi connectivity index (χ3v) is 5.66. The molecule has 2 fully saturated rings. The van der Waals surface area contributed by atoms with E-state index in [-0.39, 0.29) is 28.9 Å². The summed E-state index contributed by atoms with van der Waals surface area (Å²) in [6.07, 6.45) is 4.93. The van der Waals surface area contributed by atoms with E-state index in [2.05, 4.69) is 0 Å². The van der Waals surface area contributed by atoms with Crippen molar-refractivity contribution < 1.29 is 13.2 Å². The van der Waals surface area contributed by atoms with Crippen molar-refractivity contribution in [2.75, 3.05) is 6.26 Å². The quantitative estimate of drug-likeness (QED) is 0.890. The van der Waals surface area contributed by atoms with E-state index in [0.29, 0.717) is 5.56 Å². The maximum atomic E-state index is 12.7. The molecule has 1 aromatic carbocycles. The number of rotatable bonds is 2. The number of hydrogen-bond acceptors (Lipinski definition) is 4. The Labute approximate surface area is 125 Å². The molecule has 0 saturated carbocycles. The average Bonchev–Trinajstić information content (AvgIpc) is 2.69. The van der Waals surface area contributed by atoms with Gasteiger partial charge in [0.05, 0.1) is 4.90 Å². The molecule has 2 bridgehead atoms. The molecule has 1 aromatic rings. The lowest BCUT2D eigenvalue weighted by Crippen LogP contribution is -2.50. The average molecular weight is 308 g/mol. The molecule has 2 atom stereocenters. The molecule has 1 amide bonds. The number of carbonyl (C=O) groups excluding carboxylic acids is 1. The van der Waals surface area contributed by atoms with Gasteiger partial charge in [-0.1, -0.05) is 0 Å². The van der Waals surface area contributed by atoms with E-state index in [1.54, 1.807) is 12.1 Å². The molecule has 2 aliphatic heterocycles. The number of piperidine rings is 1. The Balaban J connectivity index is 1.83. The lowest BCUT2D eigenvalue weighted by atomic mass is 9.97. The number of hydrogen-bond donors (Lipinski definition) is 1. The maximum Gasteiger partial charge on any atom is 0.254 e. The second kappa shape index (κ2) is 5.10. The Kier molecular flexibility index (Phi) is 3.53. The second-order valence-corrected chi connectivity index (χ2v) is 8.14. The topological polar surface area (TPSA) is 80.5 Å². The Morgan fingerprint density at radius 2 is 1.67 bits per heavy atom. The first-order chi connectivity index (χ1) is 9.86. The standard InChI is InChI=1S/C15H20N2O3S/c1-21(19,20)14-6-2-10(3-7-14)15(18)17-12-4-5-13(17)9-11(16)8-12/h2-3,6-7,11-13H,4-5,8-9,16H2,1H3. The van der Waals surface area contributed by atoms with Crippen molar-refractivity contribution in [1.29, 1.82) is 0 Å². The van der Waals surface area contributed by atoms with Gasteiger partial charge in [0.15, 0.2) is 9.84 Å². The summed E-state index contributed by atoms with van der Waals surface area (Å²) in [5.74, 6) is -0.00514. The van der Waals surface area contributed by atoms with Gasteiger partial charge in [-0.25, -0.2) is 8.42 Å². The zero-order valence-corrected chi connectivity index (χ0v) is 12.8. The molecule has 5 nitrogen and oxygen atoms in total. The highest BCUT2D eigenvalue weighted by molar-refractivity contribution is 7.90. The Morgan fingerprint density at radius 1 is 1.14 bits per heavy atom. The molecular formula is C15H20N2O3S. The summed E-state index contributed by atoms with van der Waals surface area (Å²) in [7, 11) is -3.23. The molecule has 6 heteroatoms. The summed E-state index contributed by atoms with van der Waals surface area (Å²) >= 11 is 0. The van der Waals surface area contributed by atoms with Gasteiger partial charge >= 0.3 is 0 Å². The van der Waals surface area contributed by atoms with Gasteiger partial charge in [-0.05, 0) is 49.9 Å². The van der Waals surface area contributed by atoms with Crippen LogP contribution in [0, 0.1) is 0 Å². The van der Waals surface area contributed by atoms with Crippen LogP contribution in [0.15, 0.2) is 29.2 Å². The number of sulfone groups is 1. The molecule has 0 spiro atoms. The molecule has 2 saturated heterocycles. The van der Waals surface area contributed by atoms with Crippen LogP contribution in [0.2, 0.25) is 0 Å². The number of nitrogens with two attached hydrogens (primary N) is 1. The number of nitrogens with zero attached hydrogens (tertiary/aromatic N) is 1. The molecule has 21 heavy (non-hydrogen) atoms. The van der Waals surface area contributed by atoms with Crippen LogP contribution in [0.1, 0.15) is 36.0 Å². The van der Waals surface area contributed by atoms with E-state index >= 15 is 0 Å². The first-order valence-electron chi connectivity index (χ1n) is 7.24. The Hall–Kier alpha value is -1.40. The fourth-order valence-electron chi connectivity index (χ4n) is 3.54. The van der Waals surface area contributed by atoms with Gasteiger partial charge in [0.1, 0.15) is 0 Å². The van der Waals surface area contributed by atoms with Crippen molar-refractivity contribution in [2.24, 2.45) is 5.73 Å². The Bertz CT molecular complexity index is 640. The van der Waals surface area contributed by atoms with E-state index in [4.69, 9.17) is 5.73 Å². The largest absolute Gasteiger partial charge is 0.333 e. The monoisotopic (exact) mass is 308 g/mol. The molecule has 2 unspecified atom stereocenters. The molecule has 0 radical (unpaired) electrons. The lowest BCUT2D eigenvalue weighted by molar-refractivity contribution is 0.0575. The number of benzene rings is 1. The lowest BCUT2D eigenvalue weighted by Gasteiger charge is -2.37. The molecule has 2 aliphatic rings. The van der Waals surface area contributed by atoms with Crippen LogP contribution >= 0.6 is 0 Å². The van der Waals surface area contributed by atoms with Crippen LogP contribution in [-0.4, -0.2) is 43.6 Å². The maximum absolute atomic E-state index is 12.7. The molecule has 0 aromatic heterocycles. The minimum atomic E-state index is -3.23. The summed E-state index contributed by atoms with van der Waals surface area (Å²) < 4.78 is 22.9. The van der Waals surface area contributed by atoms with Gasteiger partial charge in [-0.3, -0.25) is 4.79 Å². The van der Waals surface area contributed by atoms with Gasteiger partial charge in [0, 0.05) is 29.9 Å². The summed E-state index contributed by atoms with van der Waals surface area (Å²) in [5, 5.41) is 0. The predicted octanol–water partition coefficient (Wildman–Crippen LogP) is 1.18. The van der Waals surface area contributed by atoms with Crippen molar-refractivity contribution in [1.82, 2.24) is 4.90 Å². The summed E-state index contributed by atoms with van der Waals surface area (Å²) in [5.41, 5.74) is 6.57. The van der Waals surface area contributed by atoms with Crippen LogP contribution in [0.5, 0.6) is 0 Å². The van der Waals surface area contributed by atoms with E-state index in [9.17, 15) is 13.2 Å². The minimum absolute atomic E-state index is 0.00514. The molecule has 3 rings (SSSR count). The van der Waals surface area contributed by atoms with Crippen molar-refractivity contribution in [3.05, 3.63) is 29.8 Å². The van der Waals surface area contributed by atoms with Crippen LogP contribution in [-0.2, 0) is 9.84 Å². The fraction of sp³-hybridized carbons (Fsp3) is 0.533.